The smallest absolute Gasteiger partial charge is 0.254 e. The molecule has 8 heteroatoms. The molecule has 2 aromatic rings. The van der Waals surface area contributed by atoms with E-state index in [1.54, 1.807) is 28.0 Å². The maximum Gasteiger partial charge on any atom is 0.254 e. The van der Waals surface area contributed by atoms with Gasteiger partial charge in [0, 0.05) is 37.5 Å². The molecule has 3 atom stereocenters. The molecule has 0 saturated carbocycles. The van der Waals surface area contributed by atoms with Crippen molar-refractivity contribution in [3.63, 3.8) is 0 Å². The maximum absolute atomic E-state index is 13.7. The van der Waals surface area contributed by atoms with E-state index in [4.69, 9.17) is 0 Å². The Morgan fingerprint density at radius 1 is 1.03 bits per heavy atom. The summed E-state index contributed by atoms with van der Waals surface area (Å²) in [6.45, 7) is 6.28. The summed E-state index contributed by atoms with van der Waals surface area (Å²) in [5.74, 6) is -0.757. The van der Waals surface area contributed by atoms with Crippen molar-refractivity contribution in [1.29, 1.82) is 0 Å². The number of Topliss-reactive ketones (excluding diaryl/α,β-unsaturated/α-hetero) is 1. The number of likely N-dealkylation sites (tertiary alicyclic amines) is 2. The van der Waals surface area contributed by atoms with Gasteiger partial charge in [-0.25, -0.2) is 0 Å². The van der Waals surface area contributed by atoms with E-state index in [2.05, 4.69) is 5.32 Å². The summed E-state index contributed by atoms with van der Waals surface area (Å²) in [5, 5.41) is 2.92. The largest absolute Gasteiger partial charge is 0.378 e. The average Bonchev–Trinajstić information content (AvgIpc) is 3.43. The third kappa shape index (κ3) is 5.53. The van der Waals surface area contributed by atoms with Gasteiger partial charge in [-0.1, -0.05) is 31.5 Å². The number of hydrogen-bond acceptors (Lipinski definition) is 5. The summed E-state index contributed by atoms with van der Waals surface area (Å²) in [4.78, 5) is 58.2. The quantitative estimate of drug-likeness (QED) is 0.626. The number of carbonyl (C=O) groups excluding carboxylic acids is 4. The molecule has 4 rings (SSSR count). The van der Waals surface area contributed by atoms with E-state index in [0.29, 0.717) is 30.5 Å². The van der Waals surface area contributed by atoms with Gasteiger partial charge in [0.25, 0.3) is 11.8 Å². The molecule has 8 nitrogen and oxygen atoms in total. The van der Waals surface area contributed by atoms with Crippen LogP contribution >= 0.6 is 0 Å². The number of carbonyl (C=O) groups is 4. The van der Waals surface area contributed by atoms with Gasteiger partial charge in [0.15, 0.2) is 5.78 Å². The molecule has 0 bridgehead atoms. The van der Waals surface area contributed by atoms with Gasteiger partial charge in [0.05, 0.1) is 12.6 Å². The highest BCUT2D eigenvalue weighted by Gasteiger charge is 2.52. The lowest BCUT2D eigenvalue weighted by Crippen LogP contribution is -2.53. The van der Waals surface area contributed by atoms with Crippen LogP contribution in [0.3, 0.4) is 0 Å². The number of aryl methyl sites for hydroxylation is 1. The summed E-state index contributed by atoms with van der Waals surface area (Å²) in [6.07, 6.45) is 0.989. The van der Waals surface area contributed by atoms with Gasteiger partial charge in [-0.2, -0.15) is 0 Å². The highest BCUT2D eigenvalue weighted by molar-refractivity contribution is 6.03. The van der Waals surface area contributed by atoms with Crippen LogP contribution in [0, 0.1) is 12.8 Å². The third-order valence-corrected chi connectivity index (χ3v) is 7.19. The molecule has 2 saturated heterocycles. The van der Waals surface area contributed by atoms with E-state index < -0.39 is 12.1 Å². The van der Waals surface area contributed by atoms with Gasteiger partial charge in [0.1, 0.15) is 12.1 Å². The number of hydrogen-bond donors (Lipinski definition) is 1. The van der Waals surface area contributed by atoms with E-state index in [0.717, 1.165) is 11.3 Å². The molecule has 1 unspecified atom stereocenters. The molecule has 0 radical (unpaired) electrons. The van der Waals surface area contributed by atoms with Crippen LogP contribution in [0.1, 0.15) is 53.0 Å². The lowest BCUT2D eigenvalue weighted by Gasteiger charge is -2.29. The van der Waals surface area contributed by atoms with Crippen molar-refractivity contribution in [3.05, 3.63) is 65.2 Å². The molecular weight excluding hydrogens is 468 g/mol. The molecule has 3 amide bonds. The van der Waals surface area contributed by atoms with E-state index in [1.807, 2.05) is 70.1 Å². The van der Waals surface area contributed by atoms with E-state index in [9.17, 15) is 19.2 Å². The Morgan fingerprint density at radius 2 is 1.73 bits per heavy atom. The fourth-order valence-corrected chi connectivity index (χ4v) is 5.33. The van der Waals surface area contributed by atoms with Crippen LogP contribution in [0.5, 0.6) is 0 Å². The second kappa shape index (κ2) is 10.7. The number of rotatable bonds is 7. The minimum atomic E-state index is -0.755. The lowest BCUT2D eigenvalue weighted by atomic mass is 10.0. The second-order valence-corrected chi connectivity index (χ2v) is 10.7. The molecule has 2 aromatic carbocycles. The fraction of sp³-hybridized carbons (Fsp3) is 0.448. The van der Waals surface area contributed by atoms with Crippen LogP contribution < -0.4 is 10.2 Å². The highest BCUT2D eigenvalue weighted by Crippen LogP contribution is 2.32. The van der Waals surface area contributed by atoms with Crippen LogP contribution in [-0.2, 0) is 9.59 Å². The summed E-state index contributed by atoms with van der Waals surface area (Å²) < 4.78 is 0. The molecule has 1 N–H and O–H groups in total. The Labute approximate surface area is 218 Å². The van der Waals surface area contributed by atoms with E-state index >= 15 is 0 Å². The number of anilines is 1. The topological polar surface area (TPSA) is 90.0 Å². The number of ketones is 1. The molecule has 2 heterocycles. The lowest BCUT2D eigenvalue weighted by molar-refractivity contribution is -0.138. The van der Waals surface area contributed by atoms with Gasteiger partial charge in [-0.05, 0) is 62.1 Å². The monoisotopic (exact) mass is 504 g/mol. The molecule has 0 spiro atoms. The predicted octanol–water partition coefficient (Wildman–Crippen LogP) is 2.90. The summed E-state index contributed by atoms with van der Waals surface area (Å²) in [7, 11) is 3.85. The Hall–Kier alpha value is -3.68. The molecule has 0 aromatic heterocycles. The van der Waals surface area contributed by atoms with Crippen molar-refractivity contribution >= 4 is 29.2 Å². The molecule has 2 aliphatic rings. The number of amides is 3. The molecule has 0 aliphatic carbocycles. The Bertz CT molecular complexity index is 1190. The number of nitrogens with one attached hydrogen (secondary N) is 1. The van der Waals surface area contributed by atoms with Crippen LogP contribution in [-0.4, -0.2) is 78.6 Å². The van der Waals surface area contributed by atoms with E-state index in [-0.39, 0.29) is 42.0 Å². The Balaban J connectivity index is 1.50. The van der Waals surface area contributed by atoms with Crippen molar-refractivity contribution in [2.75, 3.05) is 32.1 Å². The van der Waals surface area contributed by atoms with Crippen molar-refractivity contribution in [1.82, 2.24) is 15.1 Å². The van der Waals surface area contributed by atoms with Gasteiger partial charge in [-0.3, -0.25) is 19.2 Å². The molecule has 196 valence electrons. The first-order valence-corrected chi connectivity index (χ1v) is 12.9. The molecule has 2 fully saturated rings. The first kappa shape index (κ1) is 26.4. The first-order chi connectivity index (χ1) is 17.6. The van der Waals surface area contributed by atoms with Gasteiger partial charge in [-0.15, -0.1) is 0 Å². The normalized spacial score (nSPS) is 19.7. The zero-order valence-corrected chi connectivity index (χ0v) is 22.2. The fourth-order valence-electron chi connectivity index (χ4n) is 5.33. The van der Waals surface area contributed by atoms with Gasteiger partial charge >= 0.3 is 0 Å². The van der Waals surface area contributed by atoms with E-state index in [1.165, 1.54) is 0 Å². The Morgan fingerprint density at radius 3 is 2.35 bits per heavy atom. The number of fused-ring (bicyclic) bond motifs is 1. The van der Waals surface area contributed by atoms with Crippen molar-refractivity contribution in [2.45, 2.75) is 51.7 Å². The first-order valence-electron chi connectivity index (χ1n) is 12.9. The SMILES string of the molecule is Cc1cccc(C(=O)N2CC(=O)[C@@H]3C2CCN3C(=O)[C@H](CC(C)C)NC(=O)c2ccc(N(C)C)cc2)c1. The molecule has 2 aliphatic heterocycles. The minimum absolute atomic E-state index is 0.00861. The van der Waals surface area contributed by atoms with Crippen molar-refractivity contribution in [2.24, 2.45) is 5.92 Å². The zero-order chi connectivity index (χ0) is 26.9. The summed E-state index contributed by atoms with van der Waals surface area (Å²) in [5.41, 5.74) is 2.96. The summed E-state index contributed by atoms with van der Waals surface area (Å²) in [6, 6.07) is 12.7. The second-order valence-electron chi connectivity index (χ2n) is 10.7. The number of benzene rings is 2. The third-order valence-electron chi connectivity index (χ3n) is 7.19. The highest BCUT2D eigenvalue weighted by atomic mass is 16.2. The minimum Gasteiger partial charge on any atom is -0.378 e. The van der Waals surface area contributed by atoms with Crippen molar-refractivity contribution < 1.29 is 19.2 Å². The Kier molecular flexibility index (Phi) is 7.66. The predicted molar refractivity (Wildman–Crippen MR) is 143 cm³/mol. The number of nitrogens with zero attached hydrogens (tertiary/aromatic N) is 3. The zero-order valence-electron chi connectivity index (χ0n) is 22.2. The molecule has 37 heavy (non-hydrogen) atoms. The summed E-state index contributed by atoms with van der Waals surface area (Å²) >= 11 is 0. The standard InChI is InChI=1S/C29H36N4O4/c1-18(2)15-23(30-27(35)20-9-11-22(12-10-20)31(4)5)29(37)32-14-13-24-26(32)25(34)17-33(24)28(36)21-8-6-7-19(3)16-21/h6-12,16,18,23-24,26H,13-15,17H2,1-5H3,(H,30,35)/t23-,24?,26-/m0/s1. The molecular formula is C29H36N4O4. The van der Waals surface area contributed by atoms with Crippen molar-refractivity contribution in [3.8, 4) is 0 Å². The van der Waals surface area contributed by atoms with Crippen LogP contribution in [0.4, 0.5) is 5.69 Å². The van der Waals surface area contributed by atoms with Gasteiger partial charge in [0.2, 0.25) is 5.91 Å². The van der Waals surface area contributed by atoms with Crippen LogP contribution in [0.15, 0.2) is 48.5 Å². The average molecular weight is 505 g/mol. The van der Waals surface area contributed by atoms with Crippen LogP contribution in [0.2, 0.25) is 0 Å². The van der Waals surface area contributed by atoms with Gasteiger partial charge < -0.3 is 20.0 Å². The maximum atomic E-state index is 13.7. The van der Waals surface area contributed by atoms with Crippen LogP contribution in [0.25, 0.3) is 0 Å².